The smallest absolute Gasteiger partial charge is 0.272 e. The maximum atomic E-state index is 12.3. The number of hydrogen-bond acceptors (Lipinski definition) is 4. The van der Waals surface area contributed by atoms with Crippen molar-refractivity contribution >= 4 is 11.6 Å². The van der Waals surface area contributed by atoms with Crippen LogP contribution in [-0.4, -0.2) is 34.9 Å². The fraction of sp³-hybridized carbons (Fsp3) is 0.462. The SMILES string of the molecule is Cc1cc(C(=O)N2CCC(N)CC2)ccc1[N+](=O)[O-]. The Hall–Kier alpha value is -1.95. The van der Waals surface area contributed by atoms with E-state index in [2.05, 4.69) is 0 Å². The van der Waals surface area contributed by atoms with Crippen LogP contribution in [-0.2, 0) is 0 Å². The topological polar surface area (TPSA) is 89.5 Å². The molecule has 0 bridgehead atoms. The molecule has 19 heavy (non-hydrogen) atoms. The molecule has 6 heteroatoms. The zero-order chi connectivity index (χ0) is 14.0. The normalized spacial score (nSPS) is 16.4. The van der Waals surface area contributed by atoms with Gasteiger partial charge in [0.05, 0.1) is 4.92 Å². The average Bonchev–Trinajstić information content (AvgIpc) is 2.38. The van der Waals surface area contributed by atoms with Crippen molar-refractivity contribution in [2.75, 3.05) is 13.1 Å². The number of benzene rings is 1. The summed E-state index contributed by atoms with van der Waals surface area (Å²) in [6.07, 6.45) is 1.61. The molecule has 1 heterocycles. The first kappa shape index (κ1) is 13.5. The van der Waals surface area contributed by atoms with Crippen LogP contribution in [0.3, 0.4) is 0 Å². The van der Waals surface area contributed by atoms with E-state index in [-0.39, 0.29) is 17.6 Å². The van der Waals surface area contributed by atoms with Gasteiger partial charge in [0.25, 0.3) is 11.6 Å². The predicted octanol–water partition coefficient (Wildman–Crippen LogP) is 1.47. The quantitative estimate of drug-likeness (QED) is 0.646. The number of nitro benzene ring substituents is 1. The van der Waals surface area contributed by atoms with Crippen LogP contribution in [0.25, 0.3) is 0 Å². The van der Waals surface area contributed by atoms with Gasteiger partial charge in [-0.3, -0.25) is 14.9 Å². The van der Waals surface area contributed by atoms with E-state index in [9.17, 15) is 14.9 Å². The van der Waals surface area contributed by atoms with Crippen LogP contribution in [0.15, 0.2) is 18.2 Å². The van der Waals surface area contributed by atoms with Crippen LogP contribution in [0.2, 0.25) is 0 Å². The molecule has 0 aromatic heterocycles. The fourth-order valence-electron chi connectivity index (χ4n) is 2.28. The molecule has 0 unspecified atom stereocenters. The van der Waals surface area contributed by atoms with E-state index >= 15 is 0 Å². The lowest BCUT2D eigenvalue weighted by molar-refractivity contribution is -0.385. The number of aryl methyl sites for hydroxylation is 1. The summed E-state index contributed by atoms with van der Waals surface area (Å²) in [6.45, 7) is 2.94. The van der Waals surface area contributed by atoms with Crippen LogP contribution < -0.4 is 5.73 Å². The molecule has 0 saturated carbocycles. The van der Waals surface area contributed by atoms with Crippen molar-refractivity contribution in [2.24, 2.45) is 5.73 Å². The average molecular weight is 263 g/mol. The van der Waals surface area contributed by atoms with Gasteiger partial charge in [-0.05, 0) is 31.9 Å². The largest absolute Gasteiger partial charge is 0.339 e. The van der Waals surface area contributed by atoms with Gasteiger partial charge in [-0.15, -0.1) is 0 Å². The molecule has 0 atom stereocenters. The Bertz CT molecular complexity index is 508. The van der Waals surface area contributed by atoms with Crippen LogP contribution >= 0.6 is 0 Å². The van der Waals surface area contributed by atoms with Crippen molar-refractivity contribution in [2.45, 2.75) is 25.8 Å². The van der Waals surface area contributed by atoms with Gasteiger partial charge in [0.2, 0.25) is 0 Å². The minimum atomic E-state index is -0.441. The van der Waals surface area contributed by atoms with Gasteiger partial charge in [0.15, 0.2) is 0 Å². The number of hydrogen-bond donors (Lipinski definition) is 1. The van der Waals surface area contributed by atoms with E-state index in [0.717, 1.165) is 12.8 Å². The maximum Gasteiger partial charge on any atom is 0.272 e. The Morgan fingerprint density at radius 1 is 1.42 bits per heavy atom. The first-order valence-corrected chi connectivity index (χ1v) is 6.29. The van der Waals surface area contributed by atoms with E-state index < -0.39 is 4.92 Å². The summed E-state index contributed by atoms with van der Waals surface area (Å²) in [4.78, 5) is 24.3. The number of rotatable bonds is 2. The van der Waals surface area contributed by atoms with Gasteiger partial charge < -0.3 is 10.6 Å². The van der Waals surface area contributed by atoms with Crippen LogP contribution in [0.4, 0.5) is 5.69 Å². The molecule has 0 aliphatic carbocycles. The van der Waals surface area contributed by atoms with Crippen LogP contribution in [0.5, 0.6) is 0 Å². The summed E-state index contributed by atoms with van der Waals surface area (Å²) in [6, 6.07) is 4.65. The highest BCUT2D eigenvalue weighted by Crippen LogP contribution is 2.20. The second kappa shape index (κ2) is 5.36. The summed E-state index contributed by atoms with van der Waals surface area (Å²) in [5.41, 5.74) is 6.84. The molecule has 1 aliphatic rings. The molecule has 1 aromatic rings. The van der Waals surface area contributed by atoms with Crippen molar-refractivity contribution in [1.82, 2.24) is 4.90 Å². The van der Waals surface area contributed by atoms with Crippen LogP contribution in [0.1, 0.15) is 28.8 Å². The van der Waals surface area contributed by atoms with Crippen molar-refractivity contribution < 1.29 is 9.72 Å². The van der Waals surface area contributed by atoms with Crippen LogP contribution in [0, 0.1) is 17.0 Å². The molecule has 1 fully saturated rings. The molecule has 1 saturated heterocycles. The second-order valence-corrected chi connectivity index (χ2v) is 4.89. The molecule has 0 radical (unpaired) electrons. The molecular weight excluding hydrogens is 246 g/mol. The molecule has 1 amide bonds. The van der Waals surface area contributed by atoms with Crippen molar-refractivity contribution in [3.05, 3.63) is 39.4 Å². The number of amides is 1. The molecule has 102 valence electrons. The zero-order valence-electron chi connectivity index (χ0n) is 10.8. The monoisotopic (exact) mass is 263 g/mol. The number of piperidine rings is 1. The highest BCUT2D eigenvalue weighted by molar-refractivity contribution is 5.94. The Morgan fingerprint density at radius 3 is 2.58 bits per heavy atom. The lowest BCUT2D eigenvalue weighted by Crippen LogP contribution is -2.42. The summed E-state index contributed by atoms with van der Waals surface area (Å²) in [7, 11) is 0. The third-order valence-electron chi connectivity index (χ3n) is 3.47. The van der Waals surface area contributed by atoms with Gasteiger partial charge in [-0.2, -0.15) is 0 Å². The highest BCUT2D eigenvalue weighted by atomic mass is 16.6. The Balaban J connectivity index is 2.16. The Morgan fingerprint density at radius 2 is 2.05 bits per heavy atom. The lowest BCUT2D eigenvalue weighted by Gasteiger charge is -2.30. The van der Waals surface area contributed by atoms with Gasteiger partial charge in [0.1, 0.15) is 0 Å². The third kappa shape index (κ3) is 2.90. The second-order valence-electron chi connectivity index (χ2n) is 4.89. The van der Waals surface area contributed by atoms with E-state index in [1.807, 2.05) is 0 Å². The van der Waals surface area contributed by atoms with Gasteiger partial charge in [-0.1, -0.05) is 0 Å². The minimum absolute atomic E-state index is 0.0391. The summed E-state index contributed by atoms with van der Waals surface area (Å²) < 4.78 is 0. The molecular formula is C13H17N3O3. The van der Waals surface area contributed by atoms with E-state index in [1.54, 1.807) is 17.9 Å². The number of nitro groups is 1. The number of likely N-dealkylation sites (tertiary alicyclic amines) is 1. The third-order valence-corrected chi connectivity index (χ3v) is 3.47. The summed E-state index contributed by atoms with van der Waals surface area (Å²) >= 11 is 0. The van der Waals surface area contributed by atoms with E-state index in [0.29, 0.717) is 24.2 Å². The molecule has 2 rings (SSSR count). The summed E-state index contributed by atoms with van der Waals surface area (Å²) in [5.74, 6) is -0.0788. The molecule has 0 spiro atoms. The van der Waals surface area contributed by atoms with E-state index in [4.69, 9.17) is 5.73 Å². The minimum Gasteiger partial charge on any atom is -0.339 e. The summed E-state index contributed by atoms with van der Waals surface area (Å²) in [5, 5.41) is 10.7. The number of carbonyl (C=O) groups excluding carboxylic acids is 1. The van der Waals surface area contributed by atoms with Crippen molar-refractivity contribution in [3.63, 3.8) is 0 Å². The predicted molar refractivity (Wildman–Crippen MR) is 70.9 cm³/mol. The molecule has 6 nitrogen and oxygen atoms in total. The lowest BCUT2D eigenvalue weighted by atomic mass is 10.0. The number of nitrogens with zero attached hydrogens (tertiary/aromatic N) is 2. The van der Waals surface area contributed by atoms with Gasteiger partial charge >= 0.3 is 0 Å². The molecule has 2 N–H and O–H groups in total. The fourth-order valence-corrected chi connectivity index (χ4v) is 2.28. The zero-order valence-corrected chi connectivity index (χ0v) is 10.8. The highest BCUT2D eigenvalue weighted by Gasteiger charge is 2.22. The first-order chi connectivity index (χ1) is 8.99. The maximum absolute atomic E-state index is 12.3. The van der Waals surface area contributed by atoms with E-state index in [1.165, 1.54) is 12.1 Å². The van der Waals surface area contributed by atoms with Gasteiger partial charge in [-0.25, -0.2) is 0 Å². The molecule has 1 aliphatic heterocycles. The standard InChI is InChI=1S/C13H17N3O3/c1-9-8-10(2-3-12(9)16(18)19)13(17)15-6-4-11(14)5-7-15/h2-3,8,11H,4-7,14H2,1H3. The Kier molecular flexibility index (Phi) is 3.80. The van der Waals surface area contributed by atoms with Gasteiger partial charge in [0, 0.05) is 36.3 Å². The number of nitrogens with two attached hydrogens (primary N) is 1. The van der Waals surface area contributed by atoms with Crippen molar-refractivity contribution in [3.8, 4) is 0 Å². The Labute approximate surface area is 111 Å². The first-order valence-electron chi connectivity index (χ1n) is 6.29. The van der Waals surface area contributed by atoms with Crippen molar-refractivity contribution in [1.29, 1.82) is 0 Å². The molecule has 1 aromatic carbocycles. The number of carbonyl (C=O) groups is 1.